The lowest BCUT2D eigenvalue weighted by atomic mass is 10.1. The summed E-state index contributed by atoms with van der Waals surface area (Å²) in [5.74, 6) is -0.704. The summed E-state index contributed by atoms with van der Waals surface area (Å²) < 4.78 is 61.1. The summed E-state index contributed by atoms with van der Waals surface area (Å²) in [6.45, 7) is -0.147. The smallest absolute Gasteiger partial charge is 0.374 e. The first-order valence-electron chi connectivity index (χ1n) is 6.89. The average molecular weight is 383 g/mol. The first kappa shape index (κ1) is 18.9. The summed E-state index contributed by atoms with van der Waals surface area (Å²) in [7, 11) is -3.24. The Kier molecular flexibility index (Phi) is 4.88. The topological polar surface area (TPSA) is 132 Å². The van der Waals surface area contributed by atoms with Crippen LogP contribution in [0.15, 0.2) is 12.1 Å². The molecule has 1 aromatic rings. The maximum Gasteiger partial charge on any atom is 0.416 e. The number of benzene rings is 1. The third-order valence-electron chi connectivity index (χ3n) is 3.71. The molecule has 1 saturated heterocycles. The minimum Gasteiger partial charge on any atom is -0.374 e. The number of nitro groups is 2. The van der Waals surface area contributed by atoms with Gasteiger partial charge in [-0.2, -0.15) is 13.2 Å². The van der Waals surface area contributed by atoms with Crippen LogP contribution in [0.5, 0.6) is 0 Å². The second-order valence-electron chi connectivity index (χ2n) is 5.55. The van der Waals surface area contributed by atoms with Gasteiger partial charge >= 0.3 is 6.18 Å². The van der Waals surface area contributed by atoms with E-state index >= 15 is 0 Å². The molecule has 9 nitrogen and oxygen atoms in total. The highest BCUT2D eigenvalue weighted by atomic mass is 32.2. The molecule has 2 rings (SSSR count). The predicted octanol–water partition coefficient (Wildman–Crippen LogP) is 2.37. The fourth-order valence-corrected chi connectivity index (χ4v) is 4.39. The summed E-state index contributed by atoms with van der Waals surface area (Å²) in [5, 5.41) is 24.5. The van der Waals surface area contributed by atoms with E-state index in [0.717, 1.165) is 0 Å². The van der Waals surface area contributed by atoms with Crippen molar-refractivity contribution in [2.75, 3.05) is 23.4 Å². The highest BCUT2D eigenvalue weighted by molar-refractivity contribution is 7.91. The molecule has 1 aliphatic rings. The molecule has 1 aliphatic heterocycles. The molecule has 13 heteroatoms. The molecule has 1 unspecified atom stereocenters. The number of alkyl halides is 3. The summed E-state index contributed by atoms with van der Waals surface area (Å²) in [6.07, 6.45) is -4.73. The second-order valence-corrected chi connectivity index (χ2v) is 7.78. The Bertz CT molecular complexity index is 789. The number of nitrogens with one attached hydrogen (secondary N) is 1. The van der Waals surface area contributed by atoms with E-state index in [-0.39, 0.29) is 36.6 Å². The van der Waals surface area contributed by atoms with Crippen LogP contribution in [0.25, 0.3) is 0 Å². The maximum atomic E-state index is 12.8. The highest BCUT2D eigenvalue weighted by Crippen LogP contribution is 2.41. The van der Waals surface area contributed by atoms with Gasteiger partial charge in [-0.3, -0.25) is 20.2 Å². The van der Waals surface area contributed by atoms with E-state index in [4.69, 9.17) is 0 Å². The van der Waals surface area contributed by atoms with Gasteiger partial charge in [0.2, 0.25) is 0 Å². The zero-order chi connectivity index (χ0) is 19.0. The first-order chi connectivity index (χ1) is 11.4. The van der Waals surface area contributed by atoms with Crippen LogP contribution in [0.2, 0.25) is 0 Å². The van der Waals surface area contributed by atoms with Gasteiger partial charge in [-0.15, -0.1) is 0 Å². The summed E-state index contributed by atoms with van der Waals surface area (Å²) in [4.78, 5) is 19.8. The van der Waals surface area contributed by atoms with Crippen molar-refractivity contribution in [3.63, 3.8) is 0 Å². The normalized spacial score (nSPS) is 19.6. The summed E-state index contributed by atoms with van der Waals surface area (Å²) in [5.41, 5.74) is -4.38. The van der Waals surface area contributed by atoms with Gasteiger partial charge in [0.1, 0.15) is 0 Å². The molecule has 0 aromatic heterocycles. The van der Waals surface area contributed by atoms with Crippen LogP contribution in [0, 0.1) is 26.1 Å². The average Bonchev–Trinajstić information content (AvgIpc) is 2.82. The molecule has 25 heavy (non-hydrogen) atoms. The number of halogens is 3. The number of hydrogen-bond donors (Lipinski definition) is 1. The quantitative estimate of drug-likeness (QED) is 0.609. The molecule has 1 fully saturated rings. The van der Waals surface area contributed by atoms with Crippen molar-refractivity contribution in [3.05, 3.63) is 37.9 Å². The van der Waals surface area contributed by atoms with Crippen molar-refractivity contribution < 1.29 is 31.4 Å². The van der Waals surface area contributed by atoms with E-state index in [1.54, 1.807) is 0 Å². The molecule has 0 bridgehead atoms. The van der Waals surface area contributed by atoms with Crippen LogP contribution in [-0.4, -0.2) is 36.3 Å². The maximum absolute atomic E-state index is 12.8. The Morgan fingerprint density at radius 2 is 1.68 bits per heavy atom. The van der Waals surface area contributed by atoms with Gasteiger partial charge in [0, 0.05) is 18.7 Å². The van der Waals surface area contributed by atoms with Crippen molar-refractivity contribution in [1.29, 1.82) is 0 Å². The Labute approximate surface area is 139 Å². The molecule has 1 heterocycles. The monoisotopic (exact) mass is 383 g/mol. The van der Waals surface area contributed by atoms with Crippen molar-refractivity contribution >= 4 is 26.9 Å². The molecule has 0 saturated carbocycles. The van der Waals surface area contributed by atoms with Crippen LogP contribution in [0.4, 0.5) is 30.2 Å². The van der Waals surface area contributed by atoms with Crippen LogP contribution < -0.4 is 5.32 Å². The van der Waals surface area contributed by atoms with Crippen LogP contribution in [0.1, 0.15) is 12.0 Å². The van der Waals surface area contributed by atoms with E-state index in [2.05, 4.69) is 5.32 Å². The molecule has 1 atom stereocenters. The third-order valence-corrected chi connectivity index (χ3v) is 5.55. The fourth-order valence-electron chi connectivity index (χ4n) is 2.52. The standard InChI is InChI=1S/C12H12F3N3O6S/c13-12(14,15)8-3-9(17(19)20)11(10(4-8)18(21)22)16-5-7-1-2-25(23,24)6-7/h3-4,7,16H,1-2,5-6H2. The predicted molar refractivity (Wildman–Crippen MR) is 80.0 cm³/mol. The molecule has 0 radical (unpaired) electrons. The van der Waals surface area contributed by atoms with E-state index < -0.39 is 54.4 Å². The van der Waals surface area contributed by atoms with Crippen LogP contribution in [0.3, 0.4) is 0 Å². The largest absolute Gasteiger partial charge is 0.416 e. The van der Waals surface area contributed by atoms with Crippen molar-refractivity contribution in [2.45, 2.75) is 12.6 Å². The lowest BCUT2D eigenvalue weighted by Gasteiger charge is -2.13. The Balaban J connectivity index is 2.41. The Hall–Kier alpha value is -2.44. The van der Waals surface area contributed by atoms with Crippen molar-refractivity contribution in [3.8, 4) is 0 Å². The van der Waals surface area contributed by atoms with Gasteiger partial charge in [0.05, 0.1) is 26.9 Å². The molecule has 1 aromatic carbocycles. The molecular weight excluding hydrogens is 371 g/mol. The van der Waals surface area contributed by atoms with Crippen molar-refractivity contribution in [2.24, 2.45) is 5.92 Å². The SMILES string of the molecule is O=[N+]([O-])c1cc(C(F)(F)F)cc([N+](=O)[O-])c1NCC1CCS(=O)(=O)C1. The third kappa shape index (κ3) is 4.35. The van der Waals surface area contributed by atoms with E-state index in [1.807, 2.05) is 0 Å². The van der Waals surface area contributed by atoms with Crippen LogP contribution >= 0.6 is 0 Å². The first-order valence-corrected chi connectivity index (χ1v) is 8.71. The second kappa shape index (κ2) is 6.46. The molecule has 0 aliphatic carbocycles. The number of rotatable bonds is 5. The van der Waals surface area contributed by atoms with Crippen molar-refractivity contribution in [1.82, 2.24) is 0 Å². The zero-order valence-electron chi connectivity index (χ0n) is 12.4. The van der Waals surface area contributed by atoms with Gasteiger partial charge < -0.3 is 5.32 Å². The van der Waals surface area contributed by atoms with Crippen LogP contribution in [-0.2, 0) is 16.0 Å². The van der Waals surface area contributed by atoms with Gasteiger partial charge in [-0.1, -0.05) is 0 Å². The van der Waals surface area contributed by atoms with Gasteiger partial charge in [0.25, 0.3) is 11.4 Å². The molecule has 0 amide bonds. The number of hydrogen-bond acceptors (Lipinski definition) is 7. The highest BCUT2D eigenvalue weighted by Gasteiger charge is 2.38. The number of nitro benzene ring substituents is 2. The van der Waals surface area contributed by atoms with E-state index in [9.17, 15) is 41.8 Å². The minimum absolute atomic E-state index is 0.0729. The number of sulfone groups is 1. The summed E-state index contributed by atoms with van der Waals surface area (Å²) >= 11 is 0. The number of anilines is 1. The lowest BCUT2D eigenvalue weighted by molar-refractivity contribution is -0.392. The minimum atomic E-state index is -4.99. The fraction of sp³-hybridized carbons (Fsp3) is 0.500. The Morgan fingerprint density at radius 1 is 1.16 bits per heavy atom. The van der Waals surface area contributed by atoms with Gasteiger partial charge in [-0.05, 0) is 12.3 Å². The zero-order valence-corrected chi connectivity index (χ0v) is 13.3. The van der Waals surface area contributed by atoms with Gasteiger partial charge in [-0.25, -0.2) is 8.42 Å². The summed E-state index contributed by atoms with van der Waals surface area (Å²) in [6, 6.07) is 0.418. The number of nitrogens with zero attached hydrogens (tertiary/aromatic N) is 2. The lowest BCUT2D eigenvalue weighted by Crippen LogP contribution is -2.18. The molecular formula is C12H12F3N3O6S. The Morgan fingerprint density at radius 3 is 2.04 bits per heavy atom. The molecule has 0 spiro atoms. The van der Waals surface area contributed by atoms with E-state index in [1.165, 1.54) is 0 Å². The van der Waals surface area contributed by atoms with E-state index in [0.29, 0.717) is 0 Å². The molecule has 1 N–H and O–H groups in total. The van der Waals surface area contributed by atoms with Gasteiger partial charge in [0.15, 0.2) is 15.5 Å². The molecule has 138 valence electrons.